The fourth-order valence-electron chi connectivity index (χ4n) is 2.64. The number of amides is 1. The number of rotatable bonds is 8. The smallest absolute Gasteiger partial charge is 0.251 e. The minimum absolute atomic E-state index is 0.0359. The van der Waals surface area contributed by atoms with Gasteiger partial charge in [0.1, 0.15) is 17.5 Å². The molecule has 0 spiro atoms. The molecule has 2 aromatic rings. The zero-order chi connectivity index (χ0) is 20.9. The van der Waals surface area contributed by atoms with Gasteiger partial charge in [0.15, 0.2) is 9.34 Å². The summed E-state index contributed by atoms with van der Waals surface area (Å²) in [5.74, 6) is 1.77. The quantitative estimate of drug-likeness (QED) is 0.498. The lowest BCUT2D eigenvalue weighted by Gasteiger charge is -2.28. The number of carbonyl (C=O) groups excluding carboxylic acids is 1. The van der Waals surface area contributed by atoms with E-state index in [4.69, 9.17) is 4.74 Å². The molecular weight excluding hydrogens is 418 g/mol. The monoisotopic (exact) mass is 441 g/mol. The topological polar surface area (TPSA) is 138 Å². The summed E-state index contributed by atoms with van der Waals surface area (Å²) in [5, 5.41) is 5.82. The fraction of sp³-hybridized carbons (Fsp3) is 0.500. The van der Waals surface area contributed by atoms with Gasteiger partial charge in [-0.25, -0.2) is 28.1 Å². The molecule has 1 aliphatic heterocycles. The van der Waals surface area contributed by atoms with Crippen molar-refractivity contribution < 1.29 is 17.9 Å². The van der Waals surface area contributed by atoms with Crippen molar-refractivity contribution in [3.8, 4) is 0 Å². The van der Waals surface area contributed by atoms with E-state index in [1.165, 1.54) is 13.1 Å². The van der Waals surface area contributed by atoms with Crippen LogP contribution >= 0.6 is 11.3 Å². The van der Waals surface area contributed by atoms with Gasteiger partial charge in [0.25, 0.3) is 10.0 Å². The molecular formula is C16H23N7O4S2. The van der Waals surface area contributed by atoms with Crippen LogP contribution in [-0.2, 0) is 19.6 Å². The normalized spacial score (nSPS) is 14.6. The molecule has 158 valence electrons. The van der Waals surface area contributed by atoms with E-state index in [2.05, 4.69) is 35.2 Å². The van der Waals surface area contributed by atoms with Crippen LogP contribution in [0.5, 0.6) is 0 Å². The third-order valence-corrected chi connectivity index (χ3v) is 6.75. The molecule has 0 unspecified atom stereocenters. The Morgan fingerprint density at radius 3 is 2.76 bits per heavy atom. The first-order valence-electron chi connectivity index (χ1n) is 8.99. The molecule has 0 bridgehead atoms. The number of thiazole rings is 1. The Bertz CT molecular complexity index is 958. The summed E-state index contributed by atoms with van der Waals surface area (Å²) in [7, 11) is -3.70. The highest BCUT2D eigenvalue weighted by atomic mass is 32.2. The van der Waals surface area contributed by atoms with Crippen LogP contribution in [0.4, 0.5) is 16.8 Å². The number of ether oxygens (including phenoxy) is 1. The highest BCUT2D eigenvalue weighted by Crippen LogP contribution is 2.22. The van der Waals surface area contributed by atoms with Crippen molar-refractivity contribution in [2.45, 2.75) is 18.1 Å². The number of nitrogens with zero attached hydrogens (tertiary/aromatic N) is 4. The van der Waals surface area contributed by atoms with E-state index in [9.17, 15) is 13.2 Å². The molecule has 1 aliphatic rings. The van der Waals surface area contributed by atoms with Gasteiger partial charge in [-0.2, -0.15) is 0 Å². The Hall–Kier alpha value is -2.35. The van der Waals surface area contributed by atoms with E-state index in [1.807, 2.05) is 13.0 Å². The number of nitrogens with one attached hydrogen (secondary N) is 3. The number of hydrogen-bond donors (Lipinski definition) is 3. The highest BCUT2D eigenvalue weighted by Gasteiger charge is 2.18. The summed E-state index contributed by atoms with van der Waals surface area (Å²) in [6, 6.07) is 1.84. The largest absolute Gasteiger partial charge is 0.378 e. The minimum atomic E-state index is -3.70. The number of carbonyl (C=O) groups is 1. The number of sulfonamides is 1. The van der Waals surface area contributed by atoms with Gasteiger partial charge in [0.05, 0.1) is 19.4 Å². The summed E-state index contributed by atoms with van der Waals surface area (Å²) >= 11 is 0.892. The molecule has 1 amide bonds. The maximum Gasteiger partial charge on any atom is 0.251 e. The van der Waals surface area contributed by atoms with Crippen LogP contribution in [0, 0.1) is 6.92 Å². The molecule has 2 aromatic heterocycles. The van der Waals surface area contributed by atoms with Gasteiger partial charge in [-0.05, 0) is 6.92 Å². The van der Waals surface area contributed by atoms with Crippen molar-refractivity contribution in [1.29, 1.82) is 0 Å². The third-order valence-electron chi connectivity index (χ3n) is 3.92. The zero-order valence-corrected chi connectivity index (χ0v) is 17.8. The summed E-state index contributed by atoms with van der Waals surface area (Å²) in [5.41, 5.74) is 0. The SMILES string of the molecule is CC(=O)Nc1ncc(S(=O)(=O)NCCNc2cc(N3CCOCC3)nc(C)n2)s1. The maximum absolute atomic E-state index is 12.3. The van der Waals surface area contributed by atoms with Crippen LogP contribution < -0.4 is 20.3 Å². The summed E-state index contributed by atoms with van der Waals surface area (Å²) in [6.07, 6.45) is 1.22. The van der Waals surface area contributed by atoms with Crippen molar-refractivity contribution in [3.63, 3.8) is 0 Å². The summed E-state index contributed by atoms with van der Waals surface area (Å²) in [6.45, 7) is 6.51. The first-order valence-corrected chi connectivity index (χ1v) is 11.3. The minimum Gasteiger partial charge on any atom is -0.378 e. The molecule has 11 nitrogen and oxygen atoms in total. The van der Waals surface area contributed by atoms with Crippen LogP contribution in [0.1, 0.15) is 12.7 Å². The predicted octanol–water partition coefficient (Wildman–Crippen LogP) is 0.427. The Balaban J connectivity index is 1.53. The van der Waals surface area contributed by atoms with Gasteiger partial charge in [-0.1, -0.05) is 11.3 Å². The van der Waals surface area contributed by atoms with E-state index >= 15 is 0 Å². The van der Waals surface area contributed by atoms with Crippen molar-refractivity contribution in [1.82, 2.24) is 19.7 Å². The molecule has 0 aliphatic carbocycles. The van der Waals surface area contributed by atoms with Crippen LogP contribution in [0.2, 0.25) is 0 Å². The number of anilines is 3. The molecule has 3 heterocycles. The Labute approximate surface area is 173 Å². The number of aromatic nitrogens is 3. The lowest BCUT2D eigenvalue weighted by molar-refractivity contribution is -0.114. The highest BCUT2D eigenvalue weighted by molar-refractivity contribution is 7.91. The van der Waals surface area contributed by atoms with Crippen molar-refractivity contribution >= 4 is 44.0 Å². The van der Waals surface area contributed by atoms with Crippen LogP contribution in [0.3, 0.4) is 0 Å². The standard InChI is InChI=1S/C16H23N7O4S2/c1-11-20-13(9-14(21-11)23-5-7-27-8-6-23)17-3-4-19-29(25,26)15-10-18-16(28-15)22-12(2)24/h9-10,19H,3-8H2,1-2H3,(H,17,20,21)(H,18,22,24). The van der Waals surface area contributed by atoms with Gasteiger partial charge >= 0.3 is 0 Å². The molecule has 3 N–H and O–H groups in total. The van der Waals surface area contributed by atoms with Gasteiger partial charge in [0, 0.05) is 39.2 Å². The molecule has 3 rings (SSSR count). The summed E-state index contributed by atoms with van der Waals surface area (Å²) < 4.78 is 32.6. The number of aryl methyl sites for hydroxylation is 1. The Morgan fingerprint density at radius 1 is 1.28 bits per heavy atom. The first-order chi connectivity index (χ1) is 13.8. The van der Waals surface area contributed by atoms with Crippen LogP contribution in [0.25, 0.3) is 0 Å². The molecule has 13 heteroatoms. The average Bonchev–Trinajstić information content (AvgIpc) is 3.14. The second-order valence-electron chi connectivity index (χ2n) is 6.25. The van der Waals surface area contributed by atoms with Crippen molar-refractivity contribution in [2.75, 3.05) is 54.9 Å². The number of morpholine rings is 1. The first kappa shape index (κ1) is 21.4. The molecule has 1 fully saturated rings. The second-order valence-corrected chi connectivity index (χ2v) is 9.27. The van der Waals surface area contributed by atoms with E-state index in [-0.39, 0.29) is 21.8 Å². The van der Waals surface area contributed by atoms with E-state index < -0.39 is 10.0 Å². The zero-order valence-electron chi connectivity index (χ0n) is 16.1. The maximum atomic E-state index is 12.3. The van der Waals surface area contributed by atoms with Crippen LogP contribution in [-0.4, -0.2) is 68.7 Å². The van der Waals surface area contributed by atoms with Crippen LogP contribution in [0.15, 0.2) is 16.5 Å². The Morgan fingerprint density at radius 2 is 2.03 bits per heavy atom. The Kier molecular flexibility index (Phi) is 6.95. The molecule has 1 saturated heterocycles. The molecule has 29 heavy (non-hydrogen) atoms. The predicted molar refractivity (Wildman–Crippen MR) is 110 cm³/mol. The van der Waals surface area contributed by atoms with Crippen molar-refractivity contribution in [2.24, 2.45) is 0 Å². The molecule has 0 radical (unpaired) electrons. The van der Waals surface area contributed by atoms with Gasteiger partial charge in [-0.3, -0.25) is 4.79 Å². The third kappa shape index (κ3) is 6.06. The van der Waals surface area contributed by atoms with Gasteiger partial charge < -0.3 is 20.3 Å². The van der Waals surface area contributed by atoms with E-state index in [1.54, 1.807) is 0 Å². The molecule has 0 atom stereocenters. The van der Waals surface area contributed by atoms with E-state index in [0.717, 1.165) is 30.2 Å². The lowest BCUT2D eigenvalue weighted by Crippen LogP contribution is -2.37. The van der Waals surface area contributed by atoms with Crippen molar-refractivity contribution in [3.05, 3.63) is 18.1 Å². The molecule has 0 aromatic carbocycles. The molecule has 0 saturated carbocycles. The van der Waals surface area contributed by atoms with Gasteiger partial charge in [0.2, 0.25) is 5.91 Å². The lowest BCUT2D eigenvalue weighted by atomic mass is 10.4. The van der Waals surface area contributed by atoms with E-state index in [0.29, 0.717) is 31.4 Å². The second kappa shape index (κ2) is 9.43. The fourth-order valence-corrected chi connectivity index (χ4v) is 4.79. The number of hydrogen-bond acceptors (Lipinski definition) is 10. The average molecular weight is 442 g/mol. The van der Waals surface area contributed by atoms with Gasteiger partial charge in [-0.15, -0.1) is 0 Å². The summed E-state index contributed by atoms with van der Waals surface area (Å²) in [4.78, 5) is 25.8.